The standard InChI is InChI=1S/C18H26N2O6/c1-5-24-17(22)13-6-8-20(9-7-13)14(21)10-25-18(23)15-12(4)19-26-16(15)11(2)3/h11,13H,5-10H2,1-4H3. The molecule has 0 saturated carbocycles. The van der Waals surface area contributed by atoms with Crippen molar-refractivity contribution >= 4 is 17.8 Å². The van der Waals surface area contributed by atoms with Gasteiger partial charge >= 0.3 is 11.9 Å². The molecule has 144 valence electrons. The van der Waals surface area contributed by atoms with Crippen LogP contribution in [0.25, 0.3) is 0 Å². The first-order chi connectivity index (χ1) is 12.3. The van der Waals surface area contributed by atoms with Crippen molar-refractivity contribution < 1.29 is 28.4 Å². The molecule has 1 aromatic rings. The van der Waals surface area contributed by atoms with Crippen molar-refractivity contribution in [2.75, 3.05) is 26.3 Å². The van der Waals surface area contributed by atoms with Gasteiger partial charge in [-0.25, -0.2) is 4.79 Å². The minimum absolute atomic E-state index is 0.0173. The molecule has 1 amide bonds. The number of likely N-dealkylation sites (tertiary alicyclic amines) is 1. The van der Waals surface area contributed by atoms with Crippen LogP contribution in [-0.4, -0.2) is 54.2 Å². The number of carbonyl (C=O) groups excluding carboxylic acids is 3. The normalized spacial score (nSPS) is 15.2. The summed E-state index contributed by atoms with van der Waals surface area (Å²) in [5, 5.41) is 3.80. The van der Waals surface area contributed by atoms with Crippen LogP contribution in [0.15, 0.2) is 4.52 Å². The lowest BCUT2D eigenvalue weighted by molar-refractivity contribution is -0.151. The summed E-state index contributed by atoms with van der Waals surface area (Å²) in [6.07, 6.45) is 1.11. The van der Waals surface area contributed by atoms with Gasteiger partial charge < -0.3 is 18.9 Å². The van der Waals surface area contributed by atoms with Gasteiger partial charge in [-0.2, -0.15) is 0 Å². The largest absolute Gasteiger partial charge is 0.466 e. The fourth-order valence-electron chi connectivity index (χ4n) is 2.95. The summed E-state index contributed by atoms with van der Waals surface area (Å²) < 4.78 is 15.3. The fraction of sp³-hybridized carbons (Fsp3) is 0.667. The Morgan fingerprint density at radius 3 is 2.46 bits per heavy atom. The maximum atomic E-state index is 12.3. The van der Waals surface area contributed by atoms with Crippen LogP contribution in [0.3, 0.4) is 0 Å². The number of aryl methyl sites for hydroxylation is 1. The lowest BCUT2D eigenvalue weighted by atomic mass is 9.97. The van der Waals surface area contributed by atoms with Crippen molar-refractivity contribution in [2.24, 2.45) is 5.92 Å². The van der Waals surface area contributed by atoms with Crippen LogP contribution in [0.4, 0.5) is 0 Å². The first-order valence-electron chi connectivity index (χ1n) is 8.92. The van der Waals surface area contributed by atoms with E-state index < -0.39 is 5.97 Å². The highest BCUT2D eigenvalue weighted by atomic mass is 16.5. The van der Waals surface area contributed by atoms with Crippen LogP contribution in [-0.2, 0) is 19.1 Å². The SMILES string of the molecule is CCOC(=O)C1CCN(C(=O)COC(=O)c2c(C)noc2C(C)C)CC1. The molecule has 8 heteroatoms. The van der Waals surface area contributed by atoms with Crippen molar-refractivity contribution in [3.63, 3.8) is 0 Å². The predicted octanol–water partition coefficient (Wildman–Crippen LogP) is 2.06. The van der Waals surface area contributed by atoms with Crippen LogP contribution in [0, 0.1) is 12.8 Å². The van der Waals surface area contributed by atoms with Gasteiger partial charge in [0.15, 0.2) is 12.4 Å². The first kappa shape index (κ1) is 19.9. The van der Waals surface area contributed by atoms with Crippen LogP contribution >= 0.6 is 0 Å². The molecule has 0 atom stereocenters. The highest BCUT2D eigenvalue weighted by molar-refractivity contribution is 5.93. The van der Waals surface area contributed by atoms with Gasteiger partial charge in [-0.05, 0) is 26.7 Å². The van der Waals surface area contributed by atoms with Crippen LogP contribution in [0.1, 0.15) is 61.3 Å². The Balaban J connectivity index is 1.85. The lowest BCUT2D eigenvalue weighted by Crippen LogP contribution is -2.42. The zero-order valence-electron chi connectivity index (χ0n) is 15.7. The van der Waals surface area contributed by atoms with E-state index in [2.05, 4.69) is 5.16 Å². The van der Waals surface area contributed by atoms with E-state index >= 15 is 0 Å². The number of aromatic nitrogens is 1. The molecule has 0 bridgehead atoms. The Morgan fingerprint density at radius 2 is 1.88 bits per heavy atom. The smallest absolute Gasteiger partial charge is 0.344 e. The van der Waals surface area contributed by atoms with Gasteiger partial charge in [-0.3, -0.25) is 9.59 Å². The molecule has 2 rings (SSSR count). The zero-order chi connectivity index (χ0) is 19.3. The van der Waals surface area contributed by atoms with Crippen LogP contribution < -0.4 is 0 Å². The van der Waals surface area contributed by atoms with E-state index in [4.69, 9.17) is 14.0 Å². The molecule has 0 radical (unpaired) electrons. The van der Waals surface area contributed by atoms with E-state index in [-0.39, 0.29) is 35.9 Å². The summed E-state index contributed by atoms with van der Waals surface area (Å²) in [4.78, 5) is 37.9. The van der Waals surface area contributed by atoms with Gasteiger partial charge in [-0.15, -0.1) is 0 Å². The van der Waals surface area contributed by atoms with E-state index in [0.29, 0.717) is 44.0 Å². The minimum Gasteiger partial charge on any atom is -0.466 e. The summed E-state index contributed by atoms with van der Waals surface area (Å²) in [6, 6.07) is 0. The Bertz CT molecular complexity index is 659. The Labute approximate surface area is 152 Å². The van der Waals surface area contributed by atoms with Gasteiger partial charge in [0.1, 0.15) is 5.56 Å². The molecule has 1 aliphatic heterocycles. The van der Waals surface area contributed by atoms with Crippen molar-refractivity contribution in [2.45, 2.75) is 46.5 Å². The average Bonchev–Trinajstić information content (AvgIpc) is 3.01. The van der Waals surface area contributed by atoms with Gasteiger partial charge in [0.25, 0.3) is 5.91 Å². The maximum absolute atomic E-state index is 12.3. The number of amides is 1. The summed E-state index contributed by atoms with van der Waals surface area (Å²) in [5.74, 6) is -0.834. The van der Waals surface area contributed by atoms with E-state index in [1.165, 1.54) is 0 Å². The average molecular weight is 366 g/mol. The summed E-state index contributed by atoms with van der Waals surface area (Å²) in [7, 11) is 0. The number of carbonyl (C=O) groups is 3. The van der Waals surface area contributed by atoms with E-state index in [0.717, 1.165) is 0 Å². The quantitative estimate of drug-likeness (QED) is 0.711. The third-order valence-corrected chi connectivity index (χ3v) is 4.41. The number of esters is 2. The molecule has 1 saturated heterocycles. The molecule has 1 aromatic heterocycles. The number of ether oxygens (including phenoxy) is 2. The second-order valence-corrected chi connectivity index (χ2v) is 6.65. The van der Waals surface area contributed by atoms with Gasteiger partial charge in [-0.1, -0.05) is 19.0 Å². The fourth-order valence-corrected chi connectivity index (χ4v) is 2.95. The molecule has 8 nitrogen and oxygen atoms in total. The molecule has 26 heavy (non-hydrogen) atoms. The van der Waals surface area contributed by atoms with Crippen molar-refractivity contribution in [3.8, 4) is 0 Å². The molecule has 0 spiro atoms. The van der Waals surface area contributed by atoms with Crippen LogP contribution in [0.5, 0.6) is 0 Å². The van der Waals surface area contributed by atoms with E-state index in [1.807, 2.05) is 13.8 Å². The monoisotopic (exact) mass is 366 g/mol. The zero-order valence-corrected chi connectivity index (χ0v) is 15.7. The van der Waals surface area contributed by atoms with E-state index in [9.17, 15) is 14.4 Å². The highest BCUT2D eigenvalue weighted by Gasteiger charge is 2.29. The third-order valence-electron chi connectivity index (χ3n) is 4.41. The molecule has 0 unspecified atom stereocenters. The number of piperidine rings is 1. The minimum atomic E-state index is -0.609. The number of rotatable bonds is 6. The summed E-state index contributed by atoms with van der Waals surface area (Å²) >= 11 is 0. The highest BCUT2D eigenvalue weighted by Crippen LogP contribution is 2.23. The van der Waals surface area contributed by atoms with Gasteiger partial charge in [0, 0.05) is 19.0 Å². The molecule has 1 aliphatic rings. The first-order valence-corrected chi connectivity index (χ1v) is 8.92. The number of hydrogen-bond acceptors (Lipinski definition) is 7. The molecule has 2 heterocycles. The van der Waals surface area contributed by atoms with Gasteiger partial charge in [0.2, 0.25) is 0 Å². The molecular formula is C18H26N2O6. The van der Waals surface area contributed by atoms with Gasteiger partial charge in [0.05, 0.1) is 18.2 Å². The summed E-state index contributed by atoms with van der Waals surface area (Å²) in [5.41, 5.74) is 0.732. The molecule has 0 aromatic carbocycles. The third kappa shape index (κ3) is 4.62. The van der Waals surface area contributed by atoms with Crippen LogP contribution in [0.2, 0.25) is 0 Å². The van der Waals surface area contributed by atoms with Crippen molar-refractivity contribution in [1.29, 1.82) is 0 Å². The Kier molecular flexibility index (Phi) is 6.76. The second kappa shape index (κ2) is 8.82. The number of nitrogens with zero attached hydrogens (tertiary/aromatic N) is 2. The second-order valence-electron chi connectivity index (χ2n) is 6.65. The predicted molar refractivity (Wildman–Crippen MR) is 91.5 cm³/mol. The number of hydrogen-bond donors (Lipinski definition) is 0. The van der Waals surface area contributed by atoms with Crippen molar-refractivity contribution in [1.82, 2.24) is 10.1 Å². The molecule has 0 N–H and O–H groups in total. The lowest BCUT2D eigenvalue weighted by Gasteiger charge is -2.30. The van der Waals surface area contributed by atoms with E-state index in [1.54, 1.807) is 18.7 Å². The maximum Gasteiger partial charge on any atom is 0.344 e. The Morgan fingerprint density at radius 1 is 1.23 bits per heavy atom. The van der Waals surface area contributed by atoms with Crippen molar-refractivity contribution in [3.05, 3.63) is 17.0 Å². The summed E-state index contributed by atoms with van der Waals surface area (Å²) in [6.45, 7) is 8.11. The molecule has 1 fully saturated rings. The topological polar surface area (TPSA) is 98.9 Å². The molecular weight excluding hydrogens is 340 g/mol. The Hall–Kier alpha value is -2.38. The molecule has 0 aliphatic carbocycles.